The first kappa shape index (κ1) is 18.4. The Morgan fingerprint density at radius 2 is 1.96 bits per heavy atom. The third kappa shape index (κ3) is 4.48. The lowest BCUT2D eigenvalue weighted by Crippen LogP contribution is -2.39. The fourth-order valence-corrected chi connectivity index (χ4v) is 3.66. The summed E-state index contributed by atoms with van der Waals surface area (Å²) in [6.07, 6.45) is 0.730. The molecule has 1 amide bonds. The first-order valence-corrected chi connectivity index (χ1v) is 9.56. The largest absolute Gasteiger partial charge is 0.371 e. The molecule has 142 valence electrons. The summed E-state index contributed by atoms with van der Waals surface area (Å²) >= 11 is 6.06. The number of halogens is 1. The van der Waals surface area contributed by atoms with E-state index in [1.807, 2.05) is 48.5 Å². The molecule has 4 rings (SSSR count). The maximum Gasteiger partial charge on any atom is 0.242 e. The Balaban J connectivity index is 1.34. The molecule has 0 saturated carbocycles. The number of nitrogens with one attached hydrogen (secondary N) is 4. The van der Waals surface area contributed by atoms with Gasteiger partial charge in [0.1, 0.15) is 6.04 Å². The lowest BCUT2D eigenvalue weighted by molar-refractivity contribution is -0.117. The van der Waals surface area contributed by atoms with Gasteiger partial charge in [-0.05, 0) is 41.8 Å². The van der Waals surface area contributed by atoms with Crippen LogP contribution in [-0.4, -0.2) is 31.6 Å². The number of rotatable bonds is 4. The van der Waals surface area contributed by atoms with Gasteiger partial charge >= 0.3 is 0 Å². The van der Waals surface area contributed by atoms with Crippen molar-refractivity contribution in [2.75, 3.05) is 25.0 Å². The van der Waals surface area contributed by atoms with E-state index < -0.39 is 0 Å². The molecule has 2 fully saturated rings. The number of anilines is 1. The van der Waals surface area contributed by atoms with Crippen LogP contribution in [0.1, 0.15) is 29.7 Å². The first-order chi connectivity index (χ1) is 13.2. The topological polar surface area (TPSA) is 74.4 Å². The molecule has 0 spiro atoms. The average molecular weight is 387 g/mol. The lowest BCUT2D eigenvalue weighted by atomic mass is 10.0. The summed E-state index contributed by atoms with van der Waals surface area (Å²) < 4.78 is 5.75. The number of hydrazine groups is 1. The molecule has 2 aliphatic rings. The van der Waals surface area contributed by atoms with Gasteiger partial charge in [0.2, 0.25) is 5.91 Å². The zero-order valence-corrected chi connectivity index (χ0v) is 15.6. The van der Waals surface area contributed by atoms with Crippen LogP contribution in [0.4, 0.5) is 5.69 Å². The Kier molecular flexibility index (Phi) is 5.71. The summed E-state index contributed by atoms with van der Waals surface area (Å²) in [5.74, 6) is -0.0599. The van der Waals surface area contributed by atoms with E-state index in [1.165, 1.54) is 0 Å². The monoisotopic (exact) mass is 386 g/mol. The number of hydrogen-bond acceptors (Lipinski definition) is 5. The molecule has 2 heterocycles. The number of carbonyl (C=O) groups is 1. The molecule has 0 aromatic heterocycles. The maximum absolute atomic E-state index is 12.6. The molecule has 6 nitrogen and oxygen atoms in total. The minimum atomic E-state index is -0.306. The number of ether oxygens (including phenoxy) is 1. The predicted molar refractivity (Wildman–Crippen MR) is 106 cm³/mol. The summed E-state index contributed by atoms with van der Waals surface area (Å²) in [4.78, 5) is 12.6. The normalized spacial score (nSPS) is 25.3. The summed E-state index contributed by atoms with van der Waals surface area (Å²) in [5.41, 5.74) is 9.21. The Morgan fingerprint density at radius 1 is 1.11 bits per heavy atom. The smallest absolute Gasteiger partial charge is 0.242 e. The van der Waals surface area contributed by atoms with Crippen molar-refractivity contribution in [1.29, 1.82) is 0 Å². The minimum Gasteiger partial charge on any atom is -0.371 e. The molecule has 27 heavy (non-hydrogen) atoms. The van der Waals surface area contributed by atoms with E-state index in [0.29, 0.717) is 11.4 Å². The Morgan fingerprint density at radius 3 is 2.70 bits per heavy atom. The quantitative estimate of drug-likeness (QED) is 0.650. The molecule has 2 aromatic carbocycles. The van der Waals surface area contributed by atoms with Gasteiger partial charge in [-0.3, -0.25) is 4.79 Å². The van der Waals surface area contributed by atoms with Crippen LogP contribution in [-0.2, 0) is 9.53 Å². The van der Waals surface area contributed by atoms with Gasteiger partial charge in [0.05, 0.1) is 12.7 Å². The molecular formula is C20H23ClN4O2. The molecule has 0 bridgehead atoms. The number of benzene rings is 2. The Labute approximate surface area is 163 Å². The standard InChI is InChI=1S/C20H23ClN4O2/c21-15-3-1-2-14(10-15)17-11-18(25-24-17)20(26)23-16-6-4-13(5-7-16)19-12-22-8-9-27-19/h1-7,10,17-19,22,24-25H,8-9,11-12H2,(H,23,26)/t17?,18?,19-/m1/s1. The molecule has 3 atom stereocenters. The molecule has 0 radical (unpaired) electrons. The number of morpholine rings is 1. The number of carbonyl (C=O) groups excluding carboxylic acids is 1. The number of amides is 1. The van der Waals surface area contributed by atoms with Crippen molar-refractivity contribution in [3.8, 4) is 0 Å². The second-order valence-corrected chi connectivity index (χ2v) is 7.30. The van der Waals surface area contributed by atoms with Gasteiger partial charge < -0.3 is 15.4 Å². The van der Waals surface area contributed by atoms with E-state index in [1.54, 1.807) is 0 Å². The summed E-state index contributed by atoms with van der Waals surface area (Å²) in [5, 5.41) is 6.99. The highest BCUT2D eigenvalue weighted by Crippen LogP contribution is 2.25. The van der Waals surface area contributed by atoms with Crippen LogP contribution in [0.5, 0.6) is 0 Å². The van der Waals surface area contributed by atoms with Crippen LogP contribution >= 0.6 is 11.6 Å². The van der Waals surface area contributed by atoms with Crippen LogP contribution in [0.25, 0.3) is 0 Å². The van der Waals surface area contributed by atoms with Crippen LogP contribution in [0.3, 0.4) is 0 Å². The first-order valence-electron chi connectivity index (χ1n) is 9.19. The highest BCUT2D eigenvalue weighted by Gasteiger charge is 2.30. The summed E-state index contributed by atoms with van der Waals surface area (Å²) in [6.45, 7) is 2.43. The van der Waals surface area contributed by atoms with Crippen molar-refractivity contribution in [3.63, 3.8) is 0 Å². The minimum absolute atomic E-state index is 0.0535. The molecular weight excluding hydrogens is 364 g/mol. The van der Waals surface area contributed by atoms with Crippen molar-refractivity contribution < 1.29 is 9.53 Å². The second-order valence-electron chi connectivity index (χ2n) is 6.86. The Hall–Kier alpha value is -1.96. The molecule has 2 unspecified atom stereocenters. The SMILES string of the molecule is O=C(Nc1ccc([C@H]2CNCCO2)cc1)C1CC(c2cccc(Cl)c2)NN1. The highest BCUT2D eigenvalue weighted by molar-refractivity contribution is 6.30. The van der Waals surface area contributed by atoms with Gasteiger partial charge in [0.15, 0.2) is 0 Å². The zero-order valence-electron chi connectivity index (χ0n) is 14.9. The van der Waals surface area contributed by atoms with Crippen molar-refractivity contribution >= 4 is 23.2 Å². The van der Waals surface area contributed by atoms with E-state index >= 15 is 0 Å². The summed E-state index contributed by atoms with van der Waals surface area (Å²) in [6, 6.07) is 15.3. The molecule has 2 saturated heterocycles. The van der Waals surface area contributed by atoms with E-state index in [0.717, 1.165) is 36.5 Å². The van der Waals surface area contributed by atoms with E-state index in [-0.39, 0.29) is 24.1 Å². The Bertz CT molecular complexity index is 793. The van der Waals surface area contributed by atoms with Crippen molar-refractivity contribution in [3.05, 3.63) is 64.7 Å². The maximum atomic E-state index is 12.6. The predicted octanol–water partition coefficient (Wildman–Crippen LogP) is 2.55. The van der Waals surface area contributed by atoms with Crippen LogP contribution in [0, 0.1) is 0 Å². The average Bonchev–Trinajstić information content (AvgIpc) is 3.20. The van der Waals surface area contributed by atoms with Crippen molar-refractivity contribution in [1.82, 2.24) is 16.2 Å². The lowest BCUT2D eigenvalue weighted by Gasteiger charge is -2.24. The van der Waals surface area contributed by atoms with E-state index in [2.05, 4.69) is 21.5 Å². The second kappa shape index (κ2) is 8.37. The zero-order chi connectivity index (χ0) is 18.6. The van der Waals surface area contributed by atoms with Gasteiger partial charge in [-0.2, -0.15) is 0 Å². The van der Waals surface area contributed by atoms with Gasteiger partial charge in [-0.1, -0.05) is 35.9 Å². The molecule has 2 aliphatic heterocycles. The summed E-state index contributed by atoms with van der Waals surface area (Å²) in [7, 11) is 0. The van der Waals surface area contributed by atoms with Crippen LogP contribution in [0.15, 0.2) is 48.5 Å². The molecule has 7 heteroatoms. The third-order valence-electron chi connectivity index (χ3n) is 4.95. The van der Waals surface area contributed by atoms with Crippen LogP contribution < -0.4 is 21.5 Å². The van der Waals surface area contributed by atoms with Gasteiger partial charge in [-0.25, -0.2) is 10.9 Å². The molecule has 2 aromatic rings. The fraction of sp³-hybridized carbons (Fsp3) is 0.350. The fourth-order valence-electron chi connectivity index (χ4n) is 3.46. The number of hydrogen-bond donors (Lipinski definition) is 4. The van der Waals surface area contributed by atoms with Gasteiger partial charge in [-0.15, -0.1) is 0 Å². The molecule has 0 aliphatic carbocycles. The van der Waals surface area contributed by atoms with E-state index in [4.69, 9.17) is 16.3 Å². The van der Waals surface area contributed by atoms with Crippen molar-refractivity contribution in [2.24, 2.45) is 0 Å². The third-order valence-corrected chi connectivity index (χ3v) is 5.18. The molecule has 4 N–H and O–H groups in total. The highest BCUT2D eigenvalue weighted by atomic mass is 35.5. The van der Waals surface area contributed by atoms with Crippen LogP contribution in [0.2, 0.25) is 5.02 Å². The van der Waals surface area contributed by atoms with Gasteiger partial charge in [0, 0.05) is 29.8 Å². The van der Waals surface area contributed by atoms with E-state index in [9.17, 15) is 4.79 Å². The van der Waals surface area contributed by atoms with Crippen molar-refractivity contribution in [2.45, 2.75) is 24.6 Å². The van der Waals surface area contributed by atoms with Gasteiger partial charge in [0.25, 0.3) is 0 Å².